The van der Waals surface area contributed by atoms with Crippen molar-refractivity contribution in [2.75, 3.05) is 0 Å². The van der Waals surface area contributed by atoms with Crippen molar-refractivity contribution in [3.8, 4) is 0 Å². The first-order valence-electron chi connectivity index (χ1n) is 6.92. The summed E-state index contributed by atoms with van der Waals surface area (Å²) < 4.78 is 13.5. The van der Waals surface area contributed by atoms with Gasteiger partial charge in [-0.05, 0) is 48.3 Å². The Labute approximate surface area is 128 Å². The van der Waals surface area contributed by atoms with Crippen LogP contribution in [0.2, 0.25) is 5.02 Å². The van der Waals surface area contributed by atoms with Gasteiger partial charge in [0, 0.05) is 9.85 Å². The fourth-order valence-electron chi connectivity index (χ4n) is 3.17. The van der Waals surface area contributed by atoms with Gasteiger partial charge in [-0.1, -0.05) is 60.3 Å². The van der Waals surface area contributed by atoms with Crippen LogP contribution in [0.5, 0.6) is 0 Å². The maximum Gasteiger partial charge on any atom is 0.127 e. The van der Waals surface area contributed by atoms with Crippen molar-refractivity contribution in [3.05, 3.63) is 34.1 Å². The Morgan fingerprint density at radius 2 is 2.05 bits per heavy atom. The highest BCUT2D eigenvalue weighted by atomic mass is 79.9. The third-order valence-corrected chi connectivity index (χ3v) is 5.98. The summed E-state index contributed by atoms with van der Waals surface area (Å²) in [4.78, 5) is 0.203. The predicted molar refractivity (Wildman–Crippen MR) is 83.6 cm³/mol. The Kier molecular flexibility index (Phi) is 4.62. The number of aryl methyl sites for hydroxylation is 1. The van der Waals surface area contributed by atoms with Crippen LogP contribution in [0.1, 0.15) is 55.5 Å². The van der Waals surface area contributed by atoms with Crippen molar-refractivity contribution < 1.29 is 4.39 Å². The number of hydrogen-bond acceptors (Lipinski definition) is 0. The van der Waals surface area contributed by atoms with Gasteiger partial charge in [0.25, 0.3) is 0 Å². The van der Waals surface area contributed by atoms with Crippen molar-refractivity contribution in [2.45, 2.75) is 51.3 Å². The van der Waals surface area contributed by atoms with E-state index in [-0.39, 0.29) is 10.6 Å². The van der Waals surface area contributed by atoms with Crippen molar-refractivity contribution in [1.29, 1.82) is 0 Å². The average Bonchev–Trinajstić information content (AvgIpc) is 2.32. The molecule has 1 fully saturated rings. The Hall–Kier alpha value is -0.0800. The quantitative estimate of drug-likeness (QED) is 0.540. The van der Waals surface area contributed by atoms with Crippen LogP contribution in [0, 0.1) is 24.1 Å². The SMILES string of the molecule is Cc1cc(C(Br)C2CCCCC2(C)C)c(Cl)cc1F. The van der Waals surface area contributed by atoms with Crippen LogP contribution in [-0.4, -0.2) is 0 Å². The van der Waals surface area contributed by atoms with Gasteiger partial charge in [-0.15, -0.1) is 0 Å². The van der Waals surface area contributed by atoms with Crippen molar-refractivity contribution >= 4 is 27.5 Å². The van der Waals surface area contributed by atoms with Gasteiger partial charge >= 0.3 is 0 Å². The third-order valence-electron chi connectivity index (χ3n) is 4.52. The summed E-state index contributed by atoms with van der Waals surface area (Å²) in [6, 6.07) is 3.33. The highest BCUT2D eigenvalue weighted by Gasteiger charge is 2.37. The minimum Gasteiger partial charge on any atom is -0.207 e. The van der Waals surface area contributed by atoms with Crippen molar-refractivity contribution in [1.82, 2.24) is 0 Å². The fourth-order valence-corrected chi connectivity index (χ4v) is 4.93. The van der Waals surface area contributed by atoms with E-state index in [0.29, 0.717) is 21.9 Å². The van der Waals surface area contributed by atoms with Gasteiger partial charge in [0.2, 0.25) is 0 Å². The molecule has 0 saturated heterocycles. The molecule has 0 heterocycles. The summed E-state index contributed by atoms with van der Waals surface area (Å²) in [6.07, 6.45) is 5.03. The van der Waals surface area contributed by atoms with Crippen LogP contribution >= 0.6 is 27.5 Å². The summed E-state index contributed by atoms with van der Waals surface area (Å²) in [7, 11) is 0. The zero-order valence-electron chi connectivity index (χ0n) is 11.8. The topological polar surface area (TPSA) is 0 Å². The van der Waals surface area contributed by atoms with E-state index in [2.05, 4.69) is 29.8 Å². The predicted octanol–water partition coefficient (Wildman–Crippen LogP) is 6.44. The van der Waals surface area contributed by atoms with Crippen LogP contribution in [0.25, 0.3) is 0 Å². The monoisotopic (exact) mass is 346 g/mol. The molecule has 106 valence electrons. The molecule has 19 heavy (non-hydrogen) atoms. The molecule has 0 bridgehead atoms. The molecular weight excluding hydrogens is 327 g/mol. The first kappa shape index (κ1) is 15.3. The molecule has 0 radical (unpaired) electrons. The molecule has 0 N–H and O–H groups in total. The summed E-state index contributed by atoms with van der Waals surface area (Å²) in [5, 5.41) is 0.534. The molecular formula is C16H21BrClF. The smallest absolute Gasteiger partial charge is 0.127 e. The lowest BCUT2D eigenvalue weighted by molar-refractivity contribution is 0.136. The largest absolute Gasteiger partial charge is 0.207 e. The Morgan fingerprint density at radius 1 is 1.37 bits per heavy atom. The minimum absolute atomic E-state index is 0.203. The summed E-state index contributed by atoms with van der Waals surface area (Å²) in [5.41, 5.74) is 2.00. The molecule has 0 nitrogen and oxygen atoms in total. The Balaban J connectivity index is 2.33. The molecule has 1 aliphatic rings. The van der Waals surface area contributed by atoms with Gasteiger partial charge in [0.1, 0.15) is 5.82 Å². The minimum atomic E-state index is -0.226. The molecule has 0 aliphatic heterocycles. The first-order valence-corrected chi connectivity index (χ1v) is 8.22. The van der Waals surface area contributed by atoms with E-state index < -0.39 is 0 Å². The van der Waals surface area contributed by atoms with Crippen LogP contribution in [0.15, 0.2) is 12.1 Å². The van der Waals surface area contributed by atoms with Gasteiger partial charge in [-0.25, -0.2) is 4.39 Å². The second-order valence-electron chi connectivity index (χ2n) is 6.37. The van der Waals surface area contributed by atoms with Crippen LogP contribution in [0.3, 0.4) is 0 Å². The van der Waals surface area contributed by atoms with E-state index in [1.165, 1.54) is 31.7 Å². The van der Waals surface area contributed by atoms with Gasteiger partial charge in [-0.2, -0.15) is 0 Å². The highest BCUT2D eigenvalue weighted by Crippen LogP contribution is 2.51. The van der Waals surface area contributed by atoms with Gasteiger partial charge < -0.3 is 0 Å². The van der Waals surface area contributed by atoms with E-state index in [1.54, 1.807) is 6.92 Å². The van der Waals surface area contributed by atoms with Gasteiger partial charge in [-0.3, -0.25) is 0 Å². The molecule has 1 aromatic rings. The van der Waals surface area contributed by atoms with Crippen LogP contribution < -0.4 is 0 Å². The third kappa shape index (κ3) is 3.16. The number of halogens is 3. The maximum absolute atomic E-state index is 13.5. The normalized spacial score (nSPS) is 24.2. The molecule has 3 heteroatoms. The lowest BCUT2D eigenvalue weighted by Gasteiger charge is -2.41. The summed E-state index contributed by atoms with van der Waals surface area (Å²) in [5.74, 6) is 0.319. The summed E-state index contributed by atoms with van der Waals surface area (Å²) >= 11 is 10.1. The Bertz CT molecular complexity index is 470. The number of alkyl halides is 1. The van der Waals surface area contributed by atoms with Crippen molar-refractivity contribution in [2.24, 2.45) is 11.3 Å². The average molecular weight is 348 g/mol. The van der Waals surface area contributed by atoms with E-state index in [4.69, 9.17) is 11.6 Å². The first-order chi connectivity index (χ1) is 8.83. The van der Waals surface area contributed by atoms with E-state index in [9.17, 15) is 4.39 Å². The molecule has 0 spiro atoms. The molecule has 2 rings (SSSR count). The molecule has 1 aliphatic carbocycles. The Morgan fingerprint density at radius 3 is 2.68 bits per heavy atom. The molecule has 2 atom stereocenters. The second kappa shape index (κ2) is 5.73. The number of hydrogen-bond donors (Lipinski definition) is 0. The van der Waals surface area contributed by atoms with Gasteiger partial charge in [0.15, 0.2) is 0 Å². The highest BCUT2D eigenvalue weighted by molar-refractivity contribution is 9.09. The second-order valence-corrected chi connectivity index (χ2v) is 7.76. The lowest BCUT2D eigenvalue weighted by atomic mass is 9.66. The zero-order valence-corrected chi connectivity index (χ0v) is 14.1. The number of benzene rings is 1. The van der Waals surface area contributed by atoms with Gasteiger partial charge in [0.05, 0.1) is 0 Å². The summed E-state index contributed by atoms with van der Waals surface area (Å²) in [6.45, 7) is 6.45. The maximum atomic E-state index is 13.5. The zero-order chi connectivity index (χ0) is 14.2. The van der Waals surface area contributed by atoms with Crippen LogP contribution in [-0.2, 0) is 0 Å². The molecule has 0 aromatic heterocycles. The lowest BCUT2D eigenvalue weighted by Crippen LogP contribution is -2.30. The molecule has 0 amide bonds. The van der Waals surface area contributed by atoms with E-state index >= 15 is 0 Å². The van der Waals surface area contributed by atoms with E-state index in [1.807, 2.05) is 6.07 Å². The molecule has 1 aromatic carbocycles. The molecule has 1 saturated carbocycles. The fraction of sp³-hybridized carbons (Fsp3) is 0.625. The van der Waals surface area contributed by atoms with Crippen molar-refractivity contribution in [3.63, 3.8) is 0 Å². The number of rotatable bonds is 2. The van der Waals surface area contributed by atoms with E-state index in [0.717, 1.165) is 5.56 Å². The van der Waals surface area contributed by atoms with Crippen LogP contribution in [0.4, 0.5) is 4.39 Å². The standard InChI is InChI=1S/C16H21BrClF/c1-10-8-11(13(18)9-14(10)19)15(17)12-6-4-5-7-16(12,2)3/h8-9,12,15H,4-7H2,1-3H3. The molecule has 2 unspecified atom stereocenters.